The molecule has 0 aliphatic heterocycles. The third-order valence-corrected chi connectivity index (χ3v) is 2.88. The first-order chi connectivity index (χ1) is 9.97. The molecular weight excluding hydrogens is 285 g/mol. The molecule has 0 amide bonds. The number of hydrogen-bond acceptors (Lipinski definition) is 3. The van der Waals surface area contributed by atoms with E-state index in [1.54, 1.807) is 0 Å². The minimum absolute atomic E-state index is 0.00272. The molecule has 0 aliphatic carbocycles. The lowest BCUT2D eigenvalue weighted by Crippen LogP contribution is -2.08. The summed E-state index contributed by atoms with van der Waals surface area (Å²) in [6.07, 6.45) is 0. The fourth-order valence-corrected chi connectivity index (χ4v) is 1.88. The lowest BCUT2D eigenvalue weighted by atomic mass is 10.0. The van der Waals surface area contributed by atoms with E-state index < -0.39 is 28.8 Å². The summed E-state index contributed by atoms with van der Waals surface area (Å²) in [6.45, 7) is 0. The van der Waals surface area contributed by atoms with Crippen molar-refractivity contribution < 1.29 is 27.4 Å². The molecule has 21 heavy (non-hydrogen) atoms. The zero-order chi connectivity index (χ0) is 15.6. The van der Waals surface area contributed by atoms with E-state index in [1.165, 1.54) is 32.4 Å². The number of benzene rings is 2. The molecule has 6 heteroatoms. The molecule has 0 aromatic heterocycles. The van der Waals surface area contributed by atoms with Crippen molar-refractivity contribution in [3.63, 3.8) is 0 Å². The van der Waals surface area contributed by atoms with Gasteiger partial charge in [0, 0.05) is 17.7 Å². The molecule has 0 heterocycles. The van der Waals surface area contributed by atoms with Crippen molar-refractivity contribution in [2.75, 3.05) is 14.2 Å². The van der Waals surface area contributed by atoms with Gasteiger partial charge in [-0.1, -0.05) is 0 Å². The van der Waals surface area contributed by atoms with Crippen molar-refractivity contribution in [1.29, 1.82) is 0 Å². The molecule has 0 saturated carbocycles. The van der Waals surface area contributed by atoms with Gasteiger partial charge in [0.2, 0.25) is 0 Å². The predicted molar refractivity (Wildman–Crippen MR) is 69.3 cm³/mol. The van der Waals surface area contributed by atoms with Gasteiger partial charge in [-0.25, -0.2) is 13.2 Å². The number of halogens is 3. The van der Waals surface area contributed by atoms with Gasteiger partial charge in [0.25, 0.3) is 0 Å². The lowest BCUT2D eigenvalue weighted by molar-refractivity contribution is 0.103. The molecule has 0 spiro atoms. The van der Waals surface area contributed by atoms with Gasteiger partial charge in [0.1, 0.15) is 17.5 Å². The molecule has 0 unspecified atom stereocenters. The molecule has 2 aromatic rings. The largest absolute Gasteiger partial charge is 0.493 e. The van der Waals surface area contributed by atoms with Crippen LogP contribution in [0.5, 0.6) is 11.5 Å². The van der Waals surface area contributed by atoms with Crippen LogP contribution in [0, 0.1) is 17.5 Å². The van der Waals surface area contributed by atoms with Crippen LogP contribution in [0.3, 0.4) is 0 Å². The van der Waals surface area contributed by atoms with E-state index in [-0.39, 0.29) is 11.3 Å². The van der Waals surface area contributed by atoms with E-state index >= 15 is 0 Å². The van der Waals surface area contributed by atoms with Crippen LogP contribution in [0.4, 0.5) is 13.2 Å². The summed E-state index contributed by atoms with van der Waals surface area (Å²) in [5.41, 5.74) is -0.819. The molecule has 3 nitrogen and oxygen atoms in total. The Kier molecular flexibility index (Phi) is 4.16. The van der Waals surface area contributed by atoms with E-state index in [9.17, 15) is 18.0 Å². The summed E-state index contributed by atoms with van der Waals surface area (Å²) in [4.78, 5) is 12.2. The minimum Gasteiger partial charge on any atom is -0.493 e. The molecule has 0 bridgehead atoms. The Balaban J connectivity index is 2.50. The zero-order valence-corrected chi connectivity index (χ0v) is 11.2. The van der Waals surface area contributed by atoms with Crippen LogP contribution >= 0.6 is 0 Å². The second kappa shape index (κ2) is 5.87. The van der Waals surface area contributed by atoms with E-state index in [0.717, 1.165) is 0 Å². The topological polar surface area (TPSA) is 35.5 Å². The molecule has 0 atom stereocenters. The highest BCUT2D eigenvalue weighted by Crippen LogP contribution is 2.29. The number of ether oxygens (including phenoxy) is 2. The van der Waals surface area contributed by atoms with Gasteiger partial charge >= 0.3 is 0 Å². The van der Waals surface area contributed by atoms with Crippen molar-refractivity contribution >= 4 is 5.78 Å². The van der Waals surface area contributed by atoms with E-state index in [4.69, 9.17) is 9.47 Å². The first-order valence-corrected chi connectivity index (χ1v) is 5.89. The number of rotatable bonds is 4. The maximum Gasteiger partial charge on any atom is 0.199 e. The van der Waals surface area contributed by atoms with E-state index in [1.807, 2.05) is 0 Å². The highest BCUT2D eigenvalue weighted by Gasteiger charge is 2.21. The molecular formula is C15H11F3O3. The standard InChI is InChI=1S/C15H11F3O3/c1-20-12-4-3-8(5-13(12)21-2)15(19)14-10(17)6-9(16)7-11(14)18/h3-7H,1-2H3. The Morgan fingerprint density at radius 2 is 1.48 bits per heavy atom. The lowest BCUT2D eigenvalue weighted by Gasteiger charge is -2.10. The summed E-state index contributed by atoms with van der Waals surface area (Å²) in [5.74, 6) is -3.90. The Labute approximate surface area is 118 Å². The number of carbonyl (C=O) groups excluding carboxylic acids is 1. The quantitative estimate of drug-likeness (QED) is 0.812. The van der Waals surface area contributed by atoms with Gasteiger partial charge in [0.15, 0.2) is 17.3 Å². The monoisotopic (exact) mass is 296 g/mol. The van der Waals surface area contributed by atoms with Crippen molar-refractivity contribution in [3.05, 3.63) is 58.9 Å². The molecule has 0 radical (unpaired) electrons. The average molecular weight is 296 g/mol. The van der Waals surface area contributed by atoms with Crippen molar-refractivity contribution in [2.24, 2.45) is 0 Å². The SMILES string of the molecule is COc1ccc(C(=O)c2c(F)cc(F)cc2F)cc1OC. The third-order valence-electron chi connectivity index (χ3n) is 2.88. The summed E-state index contributed by atoms with van der Waals surface area (Å²) in [5, 5.41) is 0. The predicted octanol–water partition coefficient (Wildman–Crippen LogP) is 3.35. The average Bonchev–Trinajstić information content (AvgIpc) is 2.45. The normalized spacial score (nSPS) is 10.3. The summed E-state index contributed by atoms with van der Waals surface area (Å²) >= 11 is 0. The Hall–Kier alpha value is -2.50. The highest BCUT2D eigenvalue weighted by atomic mass is 19.1. The van der Waals surface area contributed by atoms with Crippen LogP contribution in [-0.4, -0.2) is 20.0 Å². The van der Waals surface area contributed by atoms with Gasteiger partial charge in [0.05, 0.1) is 19.8 Å². The molecule has 0 aliphatic rings. The molecule has 0 saturated heterocycles. The van der Waals surface area contributed by atoms with Gasteiger partial charge < -0.3 is 9.47 Å². The maximum atomic E-state index is 13.6. The Bertz CT molecular complexity index is 676. The Morgan fingerprint density at radius 1 is 0.905 bits per heavy atom. The first kappa shape index (κ1) is 14.9. The van der Waals surface area contributed by atoms with Gasteiger partial charge in [-0.05, 0) is 18.2 Å². The van der Waals surface area contributed by atoms with Gasteiger partial charge in [-0.3, -0.25) is 4.79 Å². The van der Waals surface area contributed by atoms with Crippen molar-refractivity contribution in [3.8, 4) is 11.5 Å². The van der Waals surface area contributed by atoms with Crippen LogP contribution in [0.15, 0.2) is 30.3 Å². The number of ketones is 1. The van der Waals surface area contributed by atoms with E-state index in [2.05, 4.69) is 0 Å². The number of carbonyl (C=O) groups is 1. The highest BCUT2D eigenvalue weighted by molar-refractivity contribution is 6.09. The van der Waals surface area contributed by atoms with Crippen LogP contribution < -0.4 is 9.47 Å². The Morgan fingerprint density at radius 3 is 2.00 bits per heavy atom. The van der Waals surface area contributed by atoms with Crippen LogP contribution in [0.1, 0.15) is 15.9 Å². The minimum atomic E-state index is -1.26. The molecule has 0 fully saturated rings. The maximum absolute atomic E-state index is 13.6. The first-order valence-electron chi connectivity index (χ1n) is 5.89. The second-order valence-electron chi connectivity index (χ2n) is 4.14. The van der Waals surface area contributed by atoms with Gasteiger partial charge in [-0.2, -0.15) is 0 Å². The van der Waals surface area contributed by atoms with Crippen molar-refractivity contribution in [1.82, 2.24) is 0 Å². The van der Waals surface area contributed by atoms with Crippen molar-refractivity contribution in [2.45, 2.75) is 0 Å². The number of methoxy groups -OCH3 is 2. The van der Waals surface area contributed by atoms with Crippen LogP contribution in [0.25, 0.3) is 0 Å². The number of hydrogen-bond donors (Lipinski definition) is 0. The fourth-order valence-electron chi connectivity index (χ4n) is 1.88. The molecule has 110 valence electrons. The van der Waals surface area contributed by atoms with E-state index in [0.29, 0.717) is 17.9 Å². The summed E-state index contributed by atoms with van der Waals surface area (Å²) in [7, 11) is 2.78. The molecule has 2 rings (SSSR count). The third kappa shape index (κ3) is 2.84. The fraction of sp³-hybridized carbons (Fsp3) is 0.133. The second-order valence-corrected chi connectivity index (χ2v) is 4.14. The van der Waals surface area contributed by atoms with Crippen LogP contribution in [-0.2, 0) is 0 Å². The molecule has 2 aromatic carbocycles. The smallest absolute Gasteiger partial charge is 0.199 e. The van der Waals surface area contributed by atoms with Crippen LogP contribution in [0.2, 0.25) is 0 Å². The van der Waals surface area contributed by atoms with Gasteiger partial charge in [-0.15, -0.1) is 0 Å². The summed E-state index contributed by atoms with van der Waals surface area (Å²) < 4.78 is 50.1. The zero-order valence-electron chi connectivity index (χ0n) is 11.2. The molecule has 0 N–H and O–H groups in total. The summed E-state index contributed by atoms with van der Waals surface area (Å²) in [6, 6.07) is 4.98.